The van der Waals surface area contributed by atoms with E-state index in [0.717, 1.165) is 11.1 Å². The van der Waals surface area contributed by atoms with E-state index in [4.69, 9.17) is 0 Å². The fourth-order valence-electron chi connectivity index (χ4n) is 3.58. The van der Waals surface area contributed by atoms with Gasteiger partial charge in [-0.25, -0.2) is 9.36 Å². The maximum Gasteiger partial charge on any atom is 0.184 e. The van der Waals surface area contributed by atoms with Gasteiger partial charge in [0, 0.05) is 22.3 Å². The Morgan fingerprint density at radius 2 is 1.03 bits per heavy atom. The summed E-state index contributed by atoms with van der Waals surface area (Å²) in [6.07, 6.45) is 3.49. The first-order valence-electron chi connectivity index (χ1n) is 10.7. The minimum atomic E-state index is -0.0348. The quantitative estimate of drug-likeness (QED) is 0.333. The molecule has 0 N–H and O–H groups in total. The first-order valence-corrected chi connectivity index (χ1v) is 10.7. The van der Waals surface area contributed by atoms with Crippen LogP contribution in [0.3, 0.4) is 0 Å². The summed E-state index contributed by atoms with van der Waals surface area (Å²) >= 11 is 0. The molecule has 0 bridgehead atoms. The number of carbonyl (C=O) groups is 2. The predicted molar refractivity (Wildman–Crippen MR) is 126 cm³/mol. The number of Topliss-reactive ketones (excluding diaryl/α,β-unsaturated/α-hetero) is 2. The zero-order chi connectivity index (χ0) is 23.3. The summed E-state index contributed by atoms with van der Waals surface area (Å²) in [6, 6.07) is 25.9. The van der Waals surface area contributed by atoms with Gasteiger partial charge in [-0.15, -0.1) is 10.2 Å². The third-order valence-corrected chi connectivity index (χ3v) is 5.33. The monoisotopic (exact) mass is 448 g/mol. The smallest absolute Gasteiger partial charge is 0.184 e. The zero-order valence-corrected chi connectivity index (χ0v) is 18.2. The van der Waals surface area contributed by atoms with Crippen LogP contribution in [0.5, 0.6) is 0 Å². The second-order valence-corrected chi connectivity index (χ2v) is 7.76. The molecular weight excluding hydrogens is 428 g/mol. The average Bonchev–Trinajstić information content (AvgIpc) is 3.55. The van der Waals surface area contributed by atoms with E-state index >= 15 is 0 Å². The highest BCUT2D eigenvalue weighted by molar-refractivity contribution is 5.96. The molecule has 0 saturated heterocycles. The van der Waals surface area contributed by atoms with Crippen LogP contribution in [-0.2, 0) is 13.1 Å². The molecule has 3 aromatic carbocycles. The number of benzene rings is 3. The molecule has 0 aliphatic carbocycles. The van der Waals surface area contributed by atoms with Gasteiger partial charge in [0.15, 0.2) is 11.6 Å². The summed E-state index contributed by atoms with van der Waals surface area (Å²) in [4.78, 5) is 24.9. The van der Waals surface area contributed by atoms with E-state index in [-0.39, 0.29) is 24.7 Å². The van der Waals surface area contributed by atoms with Crippen molar-refractivity contribution in [1.82, 2.24) is 30.0 Å². The minimum absolute atomic E-state index is 0.0348. The number of hydrogen-bond acceptors (Lipinski definition) is 6. The molecule has 5 aromatic rings. The van der Waals surface area contributed by atoms with Crippen LogP contribution in [0.15, 0.2) is 97.3 Å². The Morgan fingerprint density at radius 3 is 1.47 bits per heavy atom. The van der Waals surface area contributed by atoms with Gasteiger partial charge in [0.2, 0.25) is 0 Å². The molecule has 8 nitrogen and oxygen atoms in total. The van der Waals surface area contributed by atoms with Gasteiger partial charge in [-0.05, 0) is 6.07 Å². The SMILES string of the molecule is O=C(Cn1cc(-c2cccc(-c3cn(CC(=O)c4ccccc4)nn3)c2)nn1)c1ccccc1. The molecule has 0 fully saturated rings. The largest absolute Gasteiger partial charge is 0.292 e. The van der Waals surface area contributed by atoms with Gasteiger partial charge in [0.25, 0.3) is 0 Å². The lowest BCUT2D eigenvalue weighted by molar-refractivity contribution is 0.0959. The van der Waals surface area contributed by atoms with Crippen molar-refractivity contribution in [3.63, 3.8) is 0 Å². The number of nitrogens with zero attached hydrogens (tertiary/aromatic N) is 6. The van der Waals surface area contributed by atoms with E-state index in [1.807, 2.05) is 60.7 Å². The summed E-state index contributed by atoms with van der Waals surface area (Å²) < 4.78 is 3.06. The highest BCUT2D eigenvalue weighted by atomic mass is 16.1. The molecule has 0 aliphatic rings. The number of ketones is 2. The lowest BCUT2D eigenvalue weighted by Crippen LogP contribution is -2.10. The van der Waals surface area contributed by atoms with Crippen molar-refractivity contribution in [2.24, 2.45) is 0 Å². The van der Waals surface area contributed by atoms with Crippen molar-refractivity contribution in [3.05, 3.63) is 108 Å². The lowest BCUT2D eigenvalue weighted by Gasteiger charge is -2.01. The van der Waals surface area contributed by atoms with E-state index in [2.05, 4.69) is 20.6 Å². The van der Waals surface area contributed by atoms with Gasteiger partial charge in [0.05, 0.1) is 12.4 Å². The first kappa shape index (κ1) is 21.1. The number of carbonyl (C=O) groups excluding carboxylic acids is 2. The standard InChI is InChI=1S/C26H20N6O2/c33-25(19-8-3-1-4-9-19)17-31-15-23(27-29-31)21-12-7-13-22(14-21)24-16-32(30-28-24)18-26(34)20-10-5-2-6-11-20/h1-16H,17-18H2. The topological polar surface area (TPSA) is 95.6 Å². The third-order valence-electron chi connectivity index (χ3n) is 5.33. The highest BCUT2D eigenvalue weighted by Gasteiger charge is 2.12. The Kier molecular flexibility index (Phi) is 5.85. The lowest BCUT2D eigenvalue weighted by atomic mass is 10.1. The van der Waals surface area contributed by atoms with Gasteiger partial charge in [-0.1, -0.05) is 89.3 Å². The maximum atomic E-state index is 12.4. The van der Waals surface area contributed by atoms with Crippen LogP contribution >= 0.6 is 0 Å². The van der Waals surface area contributed by atoms with Crippen LogP contribution in [0.4, 0.5) is 0 Å². The molecule has 0 spiro atoms. The Hall–Kier alpha value is -4.72. The van der Waals surface area contributed by atoms with Crippen molar-refractivity contribution in [2.75, 3.05) is 0 Å². The summed E-state index contributed by atoms with van der Waals surface area (Å²) in [5.41, 5.74) is 4.24. The molecule has 0 unspecified atom stereocenters. The molecule has 5 rings (SSSR count). The molecule has 0 aliphatic heterocycles. The van der Waals surface area contributed by atoms with Crippen LogP contribution in [0.2, 0.25) is 0 Å². The Labute approximate surface area is 195 Å². The summed E-state index contributed by atoms with van der Waals surface area (Å²) in [7, 11) is 0. The number of aromatic nitrogens is 6. The van der Waals surface area contributed by atoms with Crippen molar-refractivity contribution < 1.29 is 9.59 Å². The fraction of sp³-hybridized carbons (Fsp3) is 0.0769. The number of hydrogen-bond donors (Lipinski definition) is 0. The van der Waals surface area contributed by atoms with E-state index < -0.39 is 0 Å². The summed E-state index contributed by atoms with van der Waals surface area (Å²) in [5, 5.41) is 16.6. The van der Waals surface area contributed by atoms with Crippen LogP contribution < -0.4 is 0 Å². The number of rotatable bonds is 8. The summed E-state index contributed by atoms with van der Waals surface area (Å²) in [5.74, 6) is -0.0695. The zero-order valence-electron chi connectivity index (χ0n) is 18.2. The Balaban J connectivity index is 1.30. The van der Waals surface area contributed by atoms with Gasteiger partial charge in [-0.2, -0.15) is 0 Å². The molecule has 0 amide bonds. The van der Waals surface area contributed by atoms with Crippen LogP contribution in [0, 0.1) is 0 Å². The van der Waals surface area contributed by atoms with Crippen molar-refractivity contribution in [1.29, 1.82) is 0 Å². The van der Waals surface area contributed by atoms with Gasteiger partial charge in [-0.3, -0.25) is 9.59 Å². The average molecular weight is 448 g/mol. The second-order valence-electron chi connectivity index (χ2n) is 7.76. The maximum absolute atomic E-state index is 12.4. The van der Waals surface area contributed by atoms with Crippen molar-refractivity contribution >= 4 is 11.6 Å². The molecule has 8 heteroatoms. The van der Waals surface area contributed by atoms with Crippen LogP contribution in [0.25, 0.3) is 22.5 Å². The minimum Gasteiger partial charge on any atom is -0.292 e. The Morgan fingerprint density at radius 1 is 0.588 bits per heavy atom. The molecule has 0 saturated carbocycles. The molecular formula is C26H20N6O2. The highest BCUT2D eigenvalue weighted by Crippen LogP contribution is 2.23. The summed E-state index contributed by atoms with van der Waals surface area (Å²) in [6.45, 7) is 0.223. The van der Waals surface area contributed by atoms with E-state index in [0.29, 0.717) is 22.5 Å². The Bertz CT molecular complexity index is 1330. The fourth-order valence-corrected chi connectivity index (χ4v) is 3.58. The van der Waals surface area contributed by atoms with E-state index in [1.54, 1.807) is 36.7 Å². The predicted octanol–water partition coefficient (Wildman–Crippen LogP) is 3.97. The van der Waals surface area contributed by atoms with Crippen molar-refractivity contribution in [2.45, 2.75) is 13.1 Å². The van der Waals surface area contributed by atoms with Gasteiger partial charge < -0.3 is 0 Å². The van der Waals surface area contributed by atoms with E-state index in [9.17, 15) is 9.59 Å². The van der Waals surface area contributed by atoms with Gasteiger partial charge >= 0.3 is 0 Å². The van der Waals surface area contributed by atoms with Crippen LogP contribution in [0.1, 0.15) is 20.7 Å². The first-order chi connectivity index (χ1) is 16.7. The molecule has 166 valence electrons. The normalized spacial score (nSPS) is 10.8. The van der Waals surface area contributed by atoms with E-state index in [1.165, 1.54) is 9.36 Å². The molecule has 34 heavy (non-hydrogen) atoms. The van der Waals surface area contributed by atoms with Crippen molar-refractivity contribution in [3.8, 4) is 22.5 Å². The molecule has 0 radical (unpaired) electrons. The second kappa shape index (κ2) is 9.41. The van der Waals surface area contributed by atoms with Gasteiger partial charge in [0.1, 0.15) is 24.5 Å². The van der Waals surface area contributed by atoms with Crippen LogP contribution in [-0.4, -0.2) is 41.6 Å². The molecule has 0 atom stereocenters. The third kappa shape index (κ3) is 4.71. The molecule has 2 heterocycles. The molecule has 2 aromatic heterocycles.